The summed E-state index contributed by atoms with van der Waals surface area (Å²) in [5, 5.41) is 15.2. The molecule has 8 rings (SSSR count). The van der Waals surface area contributed by atoms with Crippen LogP contribution in [0.1, 0.15) is 31.4 Å². The van der Waals surface area contributed by atoms with Gasteiger partial charge in [0.1, 0.15) is 0 Å². The summed E-state index contributed by atoms with van der Waals surface area (Å²) < 4.78 is 0. The van der Waals surface area contributed by atoms with Crippen LogP contribution in [-0.2, 0) is 0 Å². The Balaban J connectivity index is 1.15. The van der Waals surface area contributed by atoms with Crippen molar-refractivity contribution in [1.29, 1.82) is 0 Å². The van der Waals surface area contributed by atoms with Gasteiger partial charge in [0, 0.05) is 24.5 Å². The number of hydrogen-bond acceptors (Lipinski definition) is 2. The number of nitrogens with one attached hydrogen (secondary N) is 2. The molecule has 0 radical (unpaired) electrons. The molecule has 5 unspecified atom stereocenters. The van der Waals surface area contributed by atoms with Gasteiger partial charge in [-0.1, -0.05) is 127 Å². The van der Waals surface area contributed by atoms with Crippen molar-refractivity contribution in [3.63, 3.8) is 0 Å². The number of rotatable bonds is 9. The van der Waals surface area contributed by atoms with E-state index in [-0.39, 0.29) is 18.0 Å². The Morgan fingerprint density at radius 3 is 2.29 bits per heavy atom. The maximum Gasteiger partial charge on any atom is 0.167 e. The number of piperidine rings is 3. The summed E-state index contributed by atoms with van der Waals surface area (Å²) in [6.07, 6.45) is 11.5. The number of thiocarbonyl (C=S) groups is 1. The Kier molecular flexibility index (Phi) is 8.99. The molecular weight excluding hydrogens is 586 g/mol. The van der Waals surface area contributed by atoms with Crippen molar-refractivity contribution in [1.82, 2.24) is 15.5 Å². The van der Waals surface area contributed by atoms with E-state index in [1.165, 1.54) is 38.7 Å². The lowest BCUT2D eigenvalue weighted by Crippen LogP contribution is -2.58. The van der Waals surface area contributed by atoms with Gasteiger partial charge in [-0.3, -0.25) is 4.90 Å². The van der Waals surface area contributed by atoms with Gasteiger partial charge >= 0.3 is 0 Å². The molecule has 3 heterocycles. The van der Waals surface area contributed by atoms with Crippen molar-refractivity contribution < 1.29 is 0 Å². The minimum atomic E-state index is -0.661. The van der Waals surface area contributed by atoms with Crippen LogP contribution in [0.5, 0.6) is 0 Å². The predicted molar refractivity (Wildman–Crippen MR) is 197 cm³/mol. The molecule has 4 aromatic carbocycles. The standard InChI is InChI=1S/C40H42N3PS/c1-3-29-27-43-25-24-31(29)26-37(43)39(36-22-12-15-30-14-10-11-20-35(30)36)42-40(45)41-28(2)34-21-13-23-38(34)44(32-16-6-4-7-17-32)33-18-8-5-9-19-33/h3-23,28-29,31,34,37,39H,1,24-27H2,2H3,(H2,41,42,45)/t28-,29?,31?,34+,37?,39?/m1/s1. The summed E-state index contributed by atoms with van der Waals surface area (Å²) in [7, 11) is -0.661. The highest BCUT2D eigenvalue weighted by atomic mass is 32.1. The van der Waals surface area contributed by atoms with Crippen molar-refractivity contribution in [2.75, 3.05) is 13.1 Å². The first-order valence-corrected chi connectivity index (χ1v) is 18.1. The zero-order chi connectivity index (χ0) is 30.8. The van der Waals surface area contributed by atoms with Gasteiger partial charge in [0.25, 0.3) is 0 Å². The Labute approximate surface area is 274 Å². The van der Waals surface area contributed by atoms with Crippen molar-refractivity contribution >= 4 is 46.6 Å². The molecule has 0 spiro atoms. The SMILES string of the molecule is C=CC1CN2CCC1CC2C(NC(=S)N[C@H](C)[C@@H]1C=CC=C1P(c1ccccc1)c1ccccc1)c1cccc2ccccc12. The molecule has 3 aliphatic heterocycles. The molecule has 2 bridgehead atoms. The molecule has 0 amide bonds. The maximum absolute atomic E-state index is 6.16. The van der Waals surface area contributed by atoms with E-state index in [0.29, 0.717) is 17.9 Å². The Morgan fingerprint density at radius 2 is 1.60 bits per heavy atom. The second-order valence-corrected chi connectivity index (χ2v) is 15.3. The summed E-state index contributed by atoms with van der Waals surface area (Å²) in [4.78, 5) is 2.69. The Hall–Kier alpha value is -3.56. The maximum atomic E-state index is 6.16. The molecule has 1 aliphatic carbocycles. The second-order valence-electron chi connectivity index (χ2n) is 12.7. The summed E-state index contributed by atoms with van der Waals surface area (Å²) in [5.74, 6) is 1.51. The first-order chi connectivity index (χ1) is 22.1. The van der Waals surface area contributed by atoms with E-state index in [1.54, 1.807) is 0 Å². The number of allylic oxidation sites excluding steroid dienone is 2. The van der Waals surface area contributed by atoms with Crippen molar-refractivity contribution in [3.05, 3.63) is 145 Å². The highest BCUT2D eigenvalue weighted by Crippen LogP contribution is 2.50. The average molecular weight is 628 g/mol. The number of fused-ring (bicyclic) bond motifs is 4. The van der Waals surface area contributed by atoms with E-state index in [9.17, 15) is 0 Å². The van der Waals surface area contributed by atoms with E-state index in [1.807, 2.05) is 0 Å². The first-order valence-electron chi connectivity index (χ1n) is 16.3. The molecular formula is C40H42N3PS. The van der Waals surface area contributed by atoms with E-state index >= 15 is 0 Å². The van der Waals surface area contributed by atoms with Crippen LogP contribution >= 0.6 is 20.1 Å². The topological polar surface area (TPSA) is 27.3 Å². The fourth-order valence-corrected chi connectivity index (χ4v) is 10.8. The molecule has 228 valence electrons. The molecule has 3 saturated heterocycles. The number of nitrogens with zero attached hydrogens (tertiary/aromatic N) is 1. The van der Waals surface area contributed by atoms with Crippen LogP contribution in [-0.4, -0.2) is 35.2 Å². The minimum absolute atomic E-state index is 0.0942. The molecule has 3 nitrogen and oxygen atoms in total. The highest BCUT2D eigenvalue weighted by Gasteiger charge is 2.43. The van der Waals surface area contributed by atoms with Gasteiger partial charge in [0.05, 0.1) is 6.04 Å². The quantitative estimate of drug-likeness (QED) is 0.112. The third-order valence-corrected chi connectivity index (χ3v) is 12.9. The van der Waals surface area contributed by atoms with Crippen molar-refractivity contribution in [3.8, 4) is 0 Å². The van der Waals surface area contributed by atoms with Gasteiger partial charge < -0.3 is 10.6 Å². The molecule has 4 aromatic rings. The van der Waals surface area contributed by atoms with E-state index in [4.69, 9.17) is 12.2 Å². The van der Waals surface area contributed by atoms with E-state index in [0.717, 1.165) is 24.6 Å². The molecule has 4 aliphatic rings. The van der Waals surface area contributed by atoms with Crippen molar-refractivity contribution in [2.45, 2.75) is 37.9 Å². The molecule has 2 N–H and O–H groups in total. The lowest BCUT2D eigenvalue weighted by Gasteiger charge is -2.52. The molecule has 45 heavy (non-hydrogen) atoms. The van der Waals surface area contributed by atoms with Gasteiger partial charge in [-0.25, -0.2) is 0 Å². The normalized spacial score (nSPS) is 25.1. The third kappa shape index (κ3) is 6.17. The molecule has 0 aromatic heterocycles. The first kappa shape index (κ1) is 30.1. The zero-order valence-electron chi connectivity index (χ0n) is 25.9. The molecule has 5 heteroatoms. The summed E-state index contributed by atoms with van der Waals surface area (Å²) in [5.41, 5.74) is 1.33. The van der Waals surface area contributed by atoms with E-state index in [2.05, 4.69) is 156 Å². The molecule has 3 fully saturated rings. The van der Waals surface area contributed by atoms with Crippen LogP contribution in [0.15, 0.2) is 139 Å². The predicted octanol–water partition coefficient (Wildman–Crippen LogP) is 7.83. The van der Waals surface area contributed by atoms with Gasteiger partial charge in [-0.05, 0) is 90.5 Å². The Bertz CT molecular complexity index is 1670. The average Bonchev–Trinajstić information content (AvgIpc) is 3.58. The monoisotopic (exact) mass is 627 g/mol. The lowest BCUT2D eigenvalue weighted by molar-refractivity contribution is 0.00428. The smallest absolute Gasteiger partial charge is 0.167 e. The fourth-order valence-electron chi connectivity index (χ4n) is 7.84. The van der Waals surface area contributed by atoms with Crippen LogP contribution in [0.25, 0.3) is 10.8 Å². The number of hydrogen-bond donors (Lipinski definition) is 2. The highest BCUT2D eigenvalue weighted by molar-refractivity contribution is 7.80. The minimum Gasteiger partial charge on any atom is -0.359 e. The Morgan fingerprint density at radius 1 is 0.911 bits per heavy atom. The van der Waals surface area contributed by atoms with Crippen LogP contribution in [0.3, 0.4) is 0 Å². The van der Waals surface area contributed by atoms with Gasteiger partial charge in [-0.2, -0.15) is 0 Å². The molecule has 7 atom stereocenters. The number of benzene rings is 4. The largest absolute Gasteiger partial charge is 0.359 e. The van der Waals surface area contributed by atoms with Gasteiger partial charge in [-0.15, -0.1) is 6.58 Å². The third-order valence-electron chi connectivity index (χ3n) is 10.1. The summed E-state index contributed by atoms with van der Waals surface area (Å²) in [6.45, 7) is 8.67. The van der Waals surface area contributed by atoms with Gasteiger partial charge in [0.15, 0.2) is 5.11 Å². The summed E-state index contributed by atoms with van der Waals surface area (Å²) >= 11 is 6.16. The van der Waals surface area contributed by atoms with E-state index < -0.39 is 7.92 Å². The van der Waals surface area contributed by atoms with Crippen LogP contribution in [0, 0.1) is 17.8 Å². The zero-order valence-corrected chi connectivity index (χ0v) is 27.6. The van der Waals surface area contributed by atoms with Crippen LogP contribution in [0.2, 0.25) is 0 Å². The second kappa shape index (κ2) is 13.4. The van der Waals surface area contributed by atoms with Crippen LogP contribution < -0.4 is 21.2 Å². The van der Waals surface area contributed by atoms with Crippen LogP contribution in [0.4, 0.5) is 0 Å². The summed E-state index contributed by atoms with van der Waals surface area (Å²) in [6, 6.07) is 38.0. The van der Waals surface area contributed by atoms with Gasteiger partial charge in [0.2, 0.25) is 0 Å². The molecule has 0 saturated carbocycles. The lowest BCUT2D eigenvalue weighted by atomic mass is 9.73. The fraction of sp³-hybridized carbons (Fsp3) is 0.275. The van der Waals surface area contributed by atoms with Crippen molar-refractivity contribution in [2.24, 2.45) is 17.8 Å².